The number of carbonyl (C=O) groups excluding carboxylic acids is 1. The Morgan fingerprint density at radius 1 is 1.22 bits per heavy atom. The molecule has 0 radical (unpaired) electrons. The molecule has 0 unspecified atom stereocenters. The summed E-state index contributed by atoms with van der Waals surface area (Å²) in [4.78, 5) is 18.0. The van der Waals surface area contributed by atoms with Crippen LogP contribution in [0, 0.1) is 5.92 Å². The van der Waals surface area contributed by atoms with Gasteiger partial charge in [-0.05, 0) is 24.6 Å². The molecule has 0 fully saturated rings. The van der Waals surface area contributed by atoms with Crippen LogP contribution in [-0.2, 0) is 11.3 Å². The molecule has 0 aliphatic rings. The van der Waals surface area contributed by atoms with Crippen molar-refractivity contribution in [3.63, 3.8) is 0 Å². The zero-order chi connectivity index (χ0) is 19.5. The number of hydrogen-bond donors (Lipinski definition) is 2. The van der Waals surface area contributed by atoms with Gasteiger partial charge in [-0.25, -0.2) is 0 Å². The van der Waals surface area contributed by atoms with Crippen LogP contribution in [0.1, 0.15) is 26.3 Å². The molecule has 2 N–H and O–H groups in total. The highest BCUT2D eigenvalue weighted by Crippen LogP contribution is 2.15. The Kier molecular flexibility index (Phi) is 12.7. The lowest BCUT2D eigenvalue weighted by molar-refractivity contribution is -0.123. The molecule has 0 heterocycles. The van der Waals surface area contributed by atoms with Gasteiger partial charge in [0.15, 0.2) is 5.96 Å². The Balaban J connectivity index is 0.00000676. The van der Waals surface area contributed by atoms with E-state index in [9.17, 15) is 13.6 Å². The molecule has 154 valence electrons. The number of rotatable bonds is 9. The number of amides is 1. The van der Waals surface area contributed by atoms with E-state index in [0.717, 1.165) is 5.56 Å². The van der Waals surface area contributed by atoms with Crippen LogP contribution < -0.4 is 15.4 Å². The quantitative estimate of drug-likeness (QED) is 0.238. The molecule has 0 spiro atoms. The van der Waals surface area contributed by atoms with Gasteiger partial charge in [0.1, 0.15) is 5.75 Å². The van der Waals surface area contributed by atoms with Crippen molar-refractivity contribution in [1.29, 1.82) is 0 Å². The predicted octanol–water partition coefficient (Wildman–Crippen LogP) is 3.08. The van der Waals surface area contributed by atoms with E-state index < -0.39 is 6.61 Å². The molecule has 0 aliphatic heterocycles. The van der Waals surface area contributed by atoms with Crippen LogP contribution in [0.25, 0.3) is 0 Å². The average Bonchev–Trinajstić information content (AvgIpc) is 2.58. The number of nitrogens with one attached hydrogen (secondary N) is 2. The van der Waals surface area contributed by atoms with Gasteiger partial charge in [-0.1, -0.05) is 26.0 Å². The summed E-state index contributed by atoms with van der Waals surface area (Å²) in [6, 6.07) is 6.50. The van der Waals surface area contributed by atoms with Crippen LogP contribution >= 0.6 is 24.0 Å². The Bertz CT molecular complexity index is 583. The summed E-state index contributed by atoms with van der Waals surface area (Å²) in [5.41, 5.74) is 0.938. The number of carbonyl (C=O) groups is 1. The van der Waals surface area contributed by atoms with Gasteiger partial charge >= 0.3 is 6.61 Å². The number of alkyl halides is 2. The number of benzene rings is 1. The van der Waals surface area contributed by atoms with Crippen LogP contribution in [0.3, 0.4) is 0 Å². The van der Waals surface area contributed by atoms with Gasteiger partial charge in [-0.15, -0.1) is 24.0 Å². The fourth-order valence-electron chi connectivity index (χ4n) is 2.14. The number of hydrogen-bond acceptors (Lipinski definition) is 3. The molecule has 1 aromatic carbocycles. The molecule has 1 amide bonds. The van der Waals surface area contributed by atoms with Crippen LogP contribution in [0.15, 0.2) is 29.3 Å². The van der Waals surface area contributed by atoms with Gasteiger partial charge in [0, 0.05) is 32.6 Å². The molecule has 0 saturated carbocycles. The molecule has 9 heteroatoms. The van der Waals surface area contributed by atoms with Gasteiger partial charge in [-0.2, -0.15) is 8.78 Å². The summed E-state index contributed by atoms with van der Waals surface area (Å²) in [5, 5.41) is 6.01. The fourth-order valence-corrected chi connectivity index (χ4v) is 2.14. The number of aliphatic imine (C=N–C) groups is 1. The summed E-state index contributed by atoms with van der Waals surface area (Å²) < 4.78 is 28.7. The van der Waals surface area contributed by atoms with Crippen LogP contribution in [0.5, 0.6) is 5.75 Å². The highest BCUT2D eigenvalue weighted by atomic mass is 127. The third kappa shape index (κ3) is 10.3. The smallest absolute Gasteiger partial charge is 0.387 e. The summed E-state index contributed by atoms with van der Waals surface area (Å²) in [6.45, 7) is 5.03. The lowest BCUT2D eigenvalue weighted by Crippen LogP contribution is -2.39. The second kappa shape index (κ2) is 13.5. The SMILES string of the molecule is CCNC(=NCCNC(=O)C(C)C)N(C)Cc1ccc(OC(F)F)cc1.I. The molecule has 27 heavy (non-hydrogen) atoms. The van der Waals surface area contributed by atoms with E-state index in [1.165, 1.54) is 12.1 Å². The molecular formula is C18H29F2IN4O2. The minimum absolute atomic E-state index is 0. The topological polar surface area (TPSA) is 66.0 Å². The molecular weight excluding hydrogens is 469 g/mol. The van der Waals surface area contributed by atoms with Crippen molar-refractivity contribution in [3.8, 4) is 5.75 Å². The molecule has 0 aromatic heterocycles. The Morgan fingerprint density at radius 3 is 2.37 bits per heavy atom. The van der Waals surface area contributed by atoms with Crippen molar-refractivity contribution in [2.24, 2.45) is 10.9 Å². The van der Waals surface area contributed by atoms with Gasteiger partial charge in [0.2, 0.25) is 5.91 Å². The van der Waals surface area contributed by atoms with E-state index in [1.807, 2.05) is 32.7 Å². The van der Waals surface area contributed by atoms with Crippen LogP contribution in [0.4, 0.5) is 8.78 Å². The highest BCUT2D eigenvalue weighted by molar-refractivity contribution is 14.0. The van der Waals surface area contributed by atoms with Gasteiger partial charge in [-0.3, -0.25) is 9.79 Å². The minimum atomic E-state index is -2.83. The minimum Gasteiger partial charge on any atom is -0.435 e. The van der Waals surface area contributed by atoms with Crippen molar-refractivity contribution in [2.75, 3.05) is 26.7 Å². The molecule has 1 aromatic rings. The second-order valence-corrected chi connectivity index (χ2v) is 6.06. The molecule has 0 atom stereocenters. The summed E-state index contributed by atoms with van der Waals surface area (Å²) in [7, 11) is 1.89. The van der Waals surface area contributed by atoms with Crippen molar-refractivity contribution < 1.29 is 18.3 Å². The maximum Gasteiger partial charge on any atom is 0.387 e. The van der Waals surface area contributed by atoms with E-state index >= 15 is 0 Å². The molecule has 0 saturated heterocycles. The van der Waals surface area contributed by atoms with Crippen molar-refractivity contribution >= 4 is 35.8 Å². The van der Waals surface area contributed by atoms with Crippen LogP contribution in [-0.4, -0.2) is 50.1 Å². The first-order valence-corrected chi connectivity index (χ1v) is 8.64. The van der Waals surface area contributed by atoms with Gasteiger partial charge in [0.25, 0.3) is 0 Å². The maximum atomic E-state index is 12.2. The number of ether oxygens (including phenoxy) is 1. The summed E-state index contributed by atoms with van der Waals surface area (Å²) >= 11 is 0. The largest absolute Gasteiger partial charge is 0.435 e. The lowest BCUT2D eigenvalue weighted by atomic mass is 10.2. The predicted molar refractivity (Wildman–Crippen MR) is 114 cm³/mol. The normalized spacial score (nSPS) is 11.2. The van der Waals surface area contributed by atoms with Crippen molar-refractivity contribution in [2.45, 2.75) is 33.9 Å². The number of nitrogens with zero attached hydrogens (tertiary/aromatic N) is 2. The van der Waals surface area contributed by atoms with Gasteiger partial charge < -0.3 is 20.3 Å². The Morgan fingerprint density at radius 2 is 1.85 bits per heavy atom. The second-order valence-electron chi connectivity index (χ2n) is 6.06. The third-order valence-electron chi connectivity index (χ3n) is 3.46. The van der Waals surface area contributed by atoms with Crippen LogP contribution in [0.2, 0.25) is 0 Å². The van der Waals surface area contributed by atoms with E-state index in [4.69, 9.17) is 0 Å². The summed E-state index contributed by atoms with van der Waals surface area (Å²) in [6.07, 6.45) is 0. The number of halogens is 3. The third-order valence-corrected chi connectivity index (χ3v) is 3.46. The first kappa shape index (κ1) is 25.4. The van der Waals surface area contributed by atoms with E-state index in [-0.39, 0.29) is 41.6 Å². The molecule has 6 nitrogen and oxygen atoms in total. The molecule has 0 bridgehead atoms. The van der Waals surface area contributed by atoms with E-state index in [1.54, 1.807) is 12.1 Å². The number of guanidine groups is 1. The standard InChI is InChI=1S/C18H28F2N4O2.HI/c1-5-21-18(23-11-10-22-16(25)13(2)3)24(4)12-14-6-8-15(9-7-14)26-17(19)20;/h6-9,13,17H,5,10-12H2,1-4H3,(H,21,23)(H,22,25);1H. The zero-order valence-corrected chi connectivity index (χ0v) is 18.5. The average molecular weight is 498 g/mol. The first-order chi connectivity index (χ1) is 12.3. The maximum absolute atomic E-state index is 12.2. The van der Waals surface area contributed by atoms with Crippen molar-refractivity contribution in [1.82, 2.24) is 15.5 Å². The van der Waals surface area contributed by atoms with E-state index in [0.29, 0.717) is 32.1 Å². The highest BCUT2D eigenvalue weighted by Gasteiger charge is 2.09. The van der Waals surface area contributed by atoms with Crippen molar-refractivity contribution in [3.05, 3.63) is 29.8 Å². The first-order valence-electron chi connectivity index (χ1n) is 8.64. The monoisotopic (exact) mass is 498 g/mol. The Hall–Kier alpha value is -1.65. The lowest BCUT2D eigenvalue weighted by Gasteiger charge is -2.22. The van der Waals surface area contributed by atoms with E-state index in [2.05, 4.69) is 20.4 Å². The zero-order valence-electron chi connectivity index (χ0n) is 16.2. The fraction of sp³-hybridized carbons (Fsp3) is 0.556. The summed E-state index contributed by atoms with van der Waals surface area (Å²) in [5.74, 6) is 0.795. The van der Waals surface area contributed by atoms with Gasteiger partial charge in [0.05, 0.1) is 6.54 Å². The molecule has 1 rings (SSSR count). The molecule has 0 aliphatic carbocycles. The Labute approximate surface area is 176 Å².